The average molecular weight is 424 g/mol. The molecule has 1 amide bonds. The fourth-order valence-corrected chi connectivity index (χ4v) is 4.31. The van der Waals surface area contributed by atoms with Crippen molar-refractivity contribution in [2.24, 2.45) is 5.73 Å². The van der Waals surface area contributed by atoms with Crippen molar-refractivity contribution in [2.45, 2.75) is 37.8 Å². The number of rotatable bonds is 2. The largest absolute Gasteiger partial charge is 0.489 e. The Bertz CT molecular complexity index is 1250. The van der Waals surface area contributed by atoms with Crippen LogP contribution in [0, 0.1) is 18.8 Å². The molecule has 1 aromatic carbocycles. The molecule has 1 saturated carbocycles. The van der Waals surface area contributed by atoms with Crippen LogP contribution in [0.4, 0.5) is 4.39 Å². The molecule has 3 heterocycles. The lowest BCUT2D eigenvalue weighted by Crippen LogP contribution is -2.22. The molecule has 1 unspecified atom stereocenters. The third kappa shape index (κ3) is 3.04. The number of carbonyl (C=O) groups excluding carboxylic acids is 1. The molecule has 2 aliphatic rings. The second kappa shape index (κ2) is 6.37. The summed E-state index contributed by atoms with van der Waals surface area (Å²) < 4.78 is 26.5. The van der Waals surface area contributed by atoms with Gasteiger partial charge in [0.15, 0.2) is 10.7 Å². The number of thiazole rings is 1. The molecule has 1 atom stereocenters. The first-order valence-corrected chi connectivity index (χ1v) is 10.2. The third-order valence-electron chi connectivity index (χ3n) is 5.18. The Morgan fingerprint density at radius 3 is 2.80 bits per heavy atom. The van der Waals surface area contributed by atoms with Crippen molar-refractivity contribution in [1.29, 1.82) is 0 Å². The van der Waals surface area contributed by atoms with Gasteiger partial charge in [0.1, 0.15) is 17.8 Å². The molecule has 30 heavy (non-hydrogen) atoms. The molecule has 0 spiro atoms. The molecular formula is C21H17FN4O3S. The van der Waals surface area contributed by atoms with E-state index in [2.05, 4.69) is 27.0 Å². The Morgan fingerprint density at radius 1 is 1.33 bits per heavy atom. The van der Waals surface area contributed by atoms with Crippen molar-refractivity contribution in [3.63, 3.8) is 0 Å². The Labute approximate surface area is 175 Å². The van der Waals surface area contributed by atoms with Crippen LogP contribution in [0.3, 0.4) is 0 Å². The van der Waals surface area contributed by atoms with Crippen molar-refractivity contribution < 1.29 is 18.3 Å². The van der Waals surface area contributed by atoms with E-state index in [0.29, 0.717) is 39.2 Å². The molecule has 0 radical (unpaired) electrons. The maximum absolute atomic E-state index is 15.2. The summed E-state index contributed by atoms with van der Waals surface area (Å²) in [5.74, 6) is 7.25. The number of primary amides is 1. The van der Waals surface area contributed by atoms with Gasteiger partial charge in [0.2, 0.25) is 11.8 Å². The van der Waals surface area contributed by atoms with Gasteiger partial charge in [-0.3, -0.25) is 4.79 Å². The first-order valence-electron chi connectivity index (χ1n) is 9.38. The predicted molar refractivity (Wildman–Crippen MR) is 107 cm³/mol. The molecule has 2 N–H and O–H groups in total. The summed E-state index contributed by atoms with van der Waals surface area (Å²) in [7, 11) is 0. The molecule has 1 fully saturated rings. The van der Waals surface area contributed by atoms with Crippen LogP contribution >= 0.6 is 11.3 Å². The zero-order chi connectivity index (χ0) is 21.1. The quantitative estimate of drug-likeness (QED) is 0.633. The summed E-state index contributed by atoms with van der Waals surface area (Å²) in [6, 6.07) is 5.34. The second-order valence-corrected chi connectivity index (χ2v) is 8.72. The maximum atomic E-state index is 15.2. The van der Waals surface area contributed by atoms with E-state index in [0.717, 1.165) is 24.2 Å². The fourth-order valence-electron chi connectivity index (χ4n) is 3.36. The van der Waals surface area contributed by atoms with Crippen molar-refractivity contribution in [1.82, 2.24) is 15.2 Å². The van der Waals surface area contributed by atoms with Crippen molar-refractivity contribution in [2.75, 3.05) is 6.61 Å². The van der Waals surface area contributed by atoms with E-state index in [1.807, 2.05) is 6.07 Å². The normalized spacial score (nSPS) is 20.8. The Kier molecular flexibility index (Phi) is 3.98. The number of hydrogen-bond donors (Lipinski definition) is 1. The van der Waals surface area contributed by atoms with Crippen LogP contribution in [-0.4, -0.2) is 27.7 Å². The lowest BCUT2D eigenvalue weighted by Gasteiger charge is -2.16. The van der Waals surface area contributed by atoms with Gasteiger partial charge in [0.05, 0.1) is 10.6 Å². The number of ether oxygens (including phenoxy) is 1. The number of nitrogens with two attached hydrogens (primary N) is 1. The van der Waals surface area contributed by atoms with Crippen molar-refractivity contribution >= 4 is 17.2 Å². The van der Waals surface area contributed by atoms with Gasteiger partial charge in [-0.2, -0.15) is 0 Å². The number of halogens is 1. The smallest absolute Gasteiger partial charge is 0.277 e. The molecule has 0 bridgehead atoms. The highest BCUT2D eigenvalue weighted by Crippen LogP contribution is 2.47. The highest BCUT2D eigenvalue weighted by Gasteiger charge is 2.48. The second-order valence-electron chi connectivity index (χ2n) is 7.72. The van der Waals surface area contributed by atoms with Gasteiger partial charge < -0.3 is 14.9 Å². The minimum atomic E-state index is -1.79. The van der Waals surface area contributed by atoms with Gasteiger partial charge in [0.25, 0.3) is 5.91 Å². The number of alkyl halides is 1. The Hall–Kier alpha value is -3.25. The number of aromatic nitrogens is 3. The molecule has 5 rings (SSSR count). The average Bonchev–Trinajstić information content (AvgIpc) is 3.16. The van der Waals surface area contributed by atoms with Crippen LogP contribution in [0.15, 0.2) is 22.6 Å². The number of benzene rings is 1. The van der Waals surface area contributed by atoms with Crippen LogP contribution in [0.5, 0.6) is 5.75 Å². The molecule has 2 aromatic heterocycles. The highest BCUT2D eigenvalue weighted by atomic mass is 32.1. The number of nitrogens with zero attached hydrogens (tertiary/aromatic N) is 3. The van der Waals surface area contributed by atoms with Crippen LogP contribution in [0.2, 0.25) is 0 Å². The summed E-state index contributed by atoms with van der Waals surface area (Å²) in [5.41, 5.74) is 4.83. The highest BCUT2D eigenvalue weighted by molar-refractivity contribution is 7.14. The standard InChI is InChI=1S/C21H17FN4O3S/c1-11-25-26-19(29-11)21(7-8-21)6-5-12-3-4-14-13(9-12)15-16(20(2,22)10-28-14)30-18(24-15)17(23)27/h3-4,9H,7-8,10H2,1-2H3,(H2,23,27). The van der Waals surface area contributed by atoms with Gasteiger partial charge in [-0.05, 0) is 38.0 Å². The summed E-state index contributed by atoms with van der Waals surface area (Å²) in [6.45, 7) is 2.97. The van der Waals surface area contributed by atoms with Gasteiger partial charge in [-0.1, -0.05) is 11.8 Å². The Balaban J connectivity index is 1.57. The van der Waals surface area contributed by atoms with Crippen molar-refractivity contribution in [3.05, 3.63) is 45.4 Å². The van der Waals surface area contributed by atoms with Gasteiger partial charge in [0, 0.05) is 18.1 Å². The molecule has 1 aliphatic heterocycles. The van der Waals surface area contributed by atoms with E-state index < -0.39 is 17.0 Å². The molecule has 7 nitrogen and oxygen atoms in total. The summed E-state index contributed by atoms with van der Waals surface area (Å²) in [5, 5.41) is 8.06. The molecule has 152 valence electrons. The van der Waals surface area contributed by atoms with E-state index in [1.54, 1.807) is 19.1 Å². The first-order chi connectivity index (χ1) is 14.3. The zero-order valence-corrected chi connectivity index (χ0v) is 17.1. The Morgan fingerprint density at radius 2 is 2.13 bits per heavy atom. The lowest BCUT2D eigenvalue weighted by atomic mass is 10.0. The van der Waals surface area contributed by atoms with E-state index in [1.165, 1.54) is 6.92 Å². The number of carbonyl (C=O) groups is 1. The predicted octanol–water partition coefficient (Wildman–Crippen LogP) is 3.26. The molecular weight excluding hydrogens is 407 g/mol. The number of aryl methyl sites for hydroxylation is 1. The van der Waals surface area contributed by atoms with E-state index >= 15 is 4.39 Å². The minimum absolute atomic E-state index is 0.0666. The monoisotopic (exact) mass is 424 g/mol. The van der Waals surface area contributed by atoms with E-state index in [9.17, 15) is 4.79 Å². The van der Waals surface area contributed by atoms with Crippen LogP contribution in [0.25, 0.3) is 11.3 Å². The van der Waals surface area contributed by atoms with Gasteiger partial charge in [-0.25, -0.2) is 9.37 Å². The molecule has 3 aromatic rings. The van der Waals surface area contributed by atoms with E-state index in [4.69, 9.17) is 14.9 Å². The molecule has 9 heteroatoms. The summed E-state index contributed by atoms with van der Waals surface area (Å²) in [4.78, 5) is 16.2. The SMILES string of the molecule is Cc1nnc(C2(C#Cc3ccc4c(c3)-c3nc(C(N)=O)sc3C(C)(F)CO4)CC2)o1. The molecule has 1 aliphatic carbocycles. The zero-order valence-electron chi connectivity index (χ0n) is 16.3. The van der Waals surface area contributed by atoms with Crippen LogP contribution in [-0.2, 0) is 11.1 Å². The van der Waals surface area contributed by atoms with Gasteiger partial charge in [-0.15, -0.1) is 21.5 Å². The lowest BCUT2D eigenvalue weighted by molar-refractivity contribution is 0.1000. The van der Waals surface area contributed by atoms with Crippen LogP contribution in [0.1, 0.15) is 51.8 Å². The fraction of sp³-hybridized carbons (Fsp3) is 0.333. The molecule has 0 saturated heterocycles. The number of fused-ring (bicyclic) bond motifs is 3. The van der Waals surface area contributed by atoms with Gasteiger partial charge >= 0.3 is 0 Å². The number of amides is 1. The number of hydrogen-bond acceptors (Lipinski definition) is 7. The van der Waals surface area contributed by atoms with E-state index in [-0.39, 0.29) is 11.6 Å². The summed E-state index contributed by atoms with van der Waals surface area (Å²) >= 11 is 0.956. The summed E-state index contributed by atoms with van der Waals surface area (Å²) in [6.07, 6.45) is 1.71. The topological polar surface area (TPSA) is 104 Å². The van der Waals surface area contributed by atoms with Crippen LogP contribution < -0.4 is 10.5 Å². The maximum Gasteiger partial charge on any atom is 0.277 e. The minimum Gasteiger partial charge on any atom is -0.489 e. The third-order valence-corrected chi connectivity index (χ3v) is 6.49. The first kappa shape index (κ1) is 18.8. The van der Waals surface area contributed by atoms with Crippen molar-refractivity contribution in [3.8, 4) is 28.8 Å².